The Balaban J connectivity index is 1.65. The zero-order valence-electron chi connectivity index (χ0n) is 14.1. The van der Waals surface area contributed by atoms with Crippen molar-refractivity contribution >= 4 is 17.7 Å². The van der Waals surface area contributed by atoms with E-state index in [1.165, 1.54) is 24.6 Å². The molecule has 1 fully saturated rings. The van der Waals surface area contributed by atoms with Gasteiger partial charge in [0, 0.05) is 24.1 Å². The van der Waals surface area contributed by atoms with E-state index in [-0.39, 0.29) is 11.9 Å². The molecule has 0 bridgehead atoms. The highest BCUT2D eigenvalue weighted by molar-refractivity contribution is 7.98. The van der Waals surface area contributed by atoms with Crippen LogP contribution >= 0.6 is 11.8 Å². The van der Waals surface area contributed by atoms with Crippen molar-refractivity contribution in [3.8, 4) is 0 Å². The molecule has 2 aromatic rings. The number of pyridine rings is 1. The monoisotopic (exact) mass is 345 g/mol. The molecule has 3 rings (SSSR count). The number of nitrogens with one attached hydrogen (secondary N) is 1. The molecule has 5 nitrogen and oxygen atoms in total. The summed E-state index contributed by atoms with van der Waals surface area (Å²) in [4.78, 5) is 17.0. The molecule has 24 heavy (non-hydrogen) atoms. The Labute approximate surface area is 146 Å². The van der Waals surface area contributed by atoms with Crippen LogP contribution in [0.2, 0.25) is 0 Å². The first-order valence-electron chi connectivity index (χ1n) is 8.42. The second-order valence-electron chi connectivity index (χ2n) is 6.52. The van der Waals surface area contributed by atoms with Crippen LogP contribution < -0.4 is 5.32 Å². The van der Waals surface area contributed by atoms with E-state index in [2.05, 4.69) is 22.4 Å². The lowest BCUT2D eigenvalue weighted by Crippen LogP contribution is -2.38. The summed E-state index contributed by atoms with van der Waals surface area (Å²) in [6.45, 7) is 4.12. The Bertz CT molecular complexity index is 701. The number of hydrogen-bond acceptors (Lipinski definition) is 5. The molecule has 6 heteroatoms. The van der Waals surface area contributed by atoms with Gasteiger partial charge in [0.2, 0.25) is 0 Å². The Hall–Kier alpha value is -1.82. The molecule has 0 aliphatic heterocycles. The fourth-order valence-corrected chi connectivity index (χ4v) is 4.01. The van der Waals surface area contributed by atoms with Gasteiger partial charge in [0.15, 0.2) is 0 Å². The van der Waals surface area contributed by atoms with Crippen LogP contribution in [0.5, 0.6) is 0 Å². The molecule has 2 heterocycles. The van der Waals surface area contributed by atoms with Gasteiger partial charge in [-0.3, -0.25) is 4.79 Å². The summed E-state index contributed by atoms with van der Waals surface area (Å²) in [7, 11) is 0. The molecule has 0 saturated heterocycles. The molecule has 2 atom stereocenters. The second-order valence-corrected chi connectivity index (χ2v) is 7.48. The summed E-state index contributed by atoms with van der Waals surface area (Å²) in [5, 5.41) is 7.90. The first kappa shape index (κ1) is 17.0. The summed E-state index contributed by atoms with van der Waals surface area (Å²) in [6.07, 6.45) is 6.29. The van der Waals surface area contributed by atoms with Crippen molar-refractivity contribution in [2.75, 3.05) is 0 Å². The topological polar surface area (TPSA) is 68.0 Å². The van der Waals surface area contributed by atoms with E-state index >= 15 is 0 Å². The average molecular weight is 345 g/mol. The number of amides is 1. The first-order valence-corrected chi connectivity index (χ1v) is 9.41. The van der Waals surface area contributed by atoms with Crippen molar-refractivity contribution in [1.82, 2.24) is 15.5 Å². The number of nitrogens with zero attached hydrogens (tertiary/aromatic N) is 2. The van der Waals surface area contributed by atoms with Gasteiger partial charge in [-0.25, -0.2) is 4.98 Å². The Morgan fingerprint density at radius 2 is 2.33 bits per heavy atom. The number of aryl methyl sites for hydroxylation is 1. The van der Waals surface area contributed by atoms with E-state index in [9.17, 15) is 4.79 Å². The van der Waals surface area contributed by atoms with Crippen LogP contribution in [0, 0.1) is 12.8 Å². The van der Waals surface area contributed by atoms with Crippen molar-refractivity contribution in [1.29, 1.82) is 0 Å². The second kappa shape index (κ2) is 7.83. The summed E-state index contributed by atoms with van der Waals surface area (Å²) in [5.41, 5.74) is 1.50. The van der Waals surface area contributed by atoms with Crippen molar-refractivity contribution in [3.63, 3.8) is 0 Å². The fourth-order valence-electron chi connectivity index (χ4n) is 3.14. The molecule has 1 saturated carbocycles. The van der Waals surface area contributed by atoms with Crippen molar-refractivity contribution in [2.24, 2.45) is 5.92 Å². The molecular formula is C18H23N3O2S. The predicted octanol–water partition coefficient (Wildman–Crippen LogP) is 3.98. The summed E-state index contributed by atoms with van der Waals surface area (Å²) in [5.74, 6) is 2.08. The zero-order valence-corrected chi connectivity index (χ0v) is 14.9. The fraction of sp³-hybridized carbons (Fsp3) is 0.500. The third-order valence-corrected chi connectivity index (χ3v) is 5.36. The Kier molecular flexibility index (Phi) is 5.56. The van der Waals surface area contributed by atoms with Gasteiger partial charge in [0.25, 0.3) is 5.91 Å². The molecule has 2 aromatic heterocycles. The van der Waals surface area contributed by atoms with Crippen LogP contribution in [0.4, 0.5) is 0 Å². The molecule has 1 aliphatic rings. The molecule has 128 valence electrons. The van der Waals surface area contributed by atoms with E-state index in [0.29, 0.717) is 17.2 Å². The van der Waals surface area contributed by atoms with Gasteiger partial charge in [-0.05, 0) is 37.8 Å². The minimum absolute atomic E-state index is 0.0268. The lowest BCUT2D eigenvalue weighted by molar-refractivity contribution is 0.0917. The standard InChI is InChI=1S/C18H23N3O2S/c1-12-5-3-6-14(9-12)20-17(22)16-7-4-8-19-18(16)24-11-15-10-13(2)23-21-15/h4,7-8,10,12,14H,3,5-6,9,11H2,1-2H3,(H,20,22). The van der Waals surface area contributed by atoms with Crippen LogP contribution in [0.25, 0.3) is 0 Å². The van der Waals surface area contributed by atoms with Crippen LogP contribution in [0.3, 0.4) is 0 Å². The van der Waals surface area contributed by atoms with Crippen LogP contribution in [-0.4, -0.2) is 22.1 Å². The maximum atomic E-state index is 12.7. The number of rotatable bonds is 5. The summed E-state index contributed by atoms with van der Waals surface area (Å²) < 4.78 is 5.08. The molecule has 0 spiro atoms. The Morgan fingerprint density at radius 3 is 3.08 bits per heavy atom. The molecule has 1 amide bonds. The zero-order chi connectivity index (χ0) is 16.9. The van der Waals surface area contributed by atoms with Gasteiger partial charge in [-0.1, -0.05) is 36.7 Å². The molecule has 1 aliphatic carbocycles. The molecule has 0 aromatic carbocycles. The van der Waals surface area contributed by atoms with Crippen LogP contribution in [0.15, 0.2) is 33.9 Å². The van der Waals surface area contributed by atoms with Gasteiger partial charge in [-0.2, -0.15) is 0 Å². The molecular weight excluding hydrogens is 322 g/mol. The quantitative estimate of drug-likeness (QED) is 0.830. The van der Waals surface area contributed by atoms with E-state index in [4.69, 9.17) is 4.52 Å². The lowest BCUT2D eigenvalue weighted by atomic mass is 9.87. The molecule has 2 unspecified atom stereocenters. The van der Waals surface area contributed by atoms with E-state index in [1.807, 2.05) is 25.1 Å². The molecule has 1 N–H and O–H groups in total. The Morgan fingerprint density at radius 1 is 1.46 bits per heavy atom. The van der Waals surface area contributed by atoms with Crippen molar-refractivity contribution in [2.45, 2.75) is 56.4 Å². The van der Waals surface area contributed by atoms with Crippen LogP contribution in [-0.2, 0) is 5.75 Å². The summed E-state index contributed by atoms with van der Waals surface area (Å²) >= 11 is 1.51. The number of carbonyl (C=O) groups is 1. The SMILES string of the molecule is Cc1cc(CSc2ncccc2C(=O)NC2CCCC(C)C2)no1. The molecule has 0 radical (unpaired) electrons. The van der Waals surface area contributed by atoms with Crippen molar-refractivity contribution < 1.29 is 9.32 Å². The largest absolute Gasteiger partial charge is 0.361 e. The number of thioether (sulfide) groups is 1. The van der Waals surface area contributed by atoms with Crippen LogP contribution in [0.1, 0.15) is 54.4 Å². The van der Waals surface area contributed by atoms with Gasteiger partial charge in [-0.15, -0.1) is 0 Å². The van der Waals surface area contributed by atoms with Gasteiger partial charge < -0.3 is 9.84 Å². The van der Waals surface area contributed by atoms with Gasteiger partial charge in [0.1, 0.15) is 10.8 Å². The lowest BCUT2D eigenvalue weighted by Gasteiger charge is -2.27. The maximum absolute atomic E-state index is 12.7. The number of carbonyl (C=O) groups excluding carboxylic acids is 1. The summed E-state index contributed by atoms with van der Waals surface area (Å²) in [6, 6.07) is 5.82. The van der Waals surface area contributed by atoms with E-state index in [1.54, 1.807) is 6.20 Å². The van der Waals surface area contributed by atoms with E-state index in [0.717, 1.165) is 29.3 Å². The maximum Gasteiger partial charge on any atom is 0.254 e. The third kappa shape index (κ3) is 4.38. The minimum Gasteiger partial charge on any atom is -0.361 e. The highest BCUT2D eigenvalue weighted by atomic mass is 32.2. The van der Waals surface area contributed by atoms with Gasteiger partial charge in [0.05, 0.1) is 11.3 Å². The normalized spacial score (nSPS) is 20.8. The average Bonchev–Trinajstić information content (AvgIpc) is 2.99. The first-order chi connectivity index (χ1) is 11.6. The predicted molar refractivity (Wildman–Crippen MR) is 93.9 cm³/mol. The highest BCUT2D eigenvalue weighted by Gasteiger charge is 2.22. The van der Waals surface area contributed by atoms with E-state index < -0.39 is 0 Å². The number of aromatic nitrogens is 2. The van der Waals surface area contributed by atoms with Crippen molar-refractivity contribution in [3.05, 3.63) is 41.4 Å². The third-order valence-electron chi connectivity index (χ3n) is 4.32. The van der Waals surface area contributed by atoms with Gasteiger partial charge >= 0.3 is 0 Å². The highest BCUT2D eigenvalue weighted by Crippen LogP contribution is 2.26. The number of hydrogen-bond donors (Lipinski definition) is 1. The minimum atomic E-state index is -0.0268. The smallest absolute Gasteiger partial charge is 0.254 e.